The molecule has 2 aliphatic carbocycles. The Kier molecular flexibility index (Phi) is 7.43. The highest BCUT2D eigenvalue weighted by atomic mass is 32.2. The van der Waals surface area contributed by atoms with E-state index >= 15 is 0 Å². The van der Waals surface area contributed by atoms with Gasteiger partial charge in [0.25, 0.3) is 5.92 Å². The van der Waals surface area contributed by atoms with E-state index in [1.165, 1.54) is 11.8 Å². The first-order valence-electron chi connectivity index (χ1n) is 12.3. The maximum absolute atomic E-state index is 13.1. The smallest absolute Gasteiger partial charge is 0.407 e. The predicted octanol–water partition coefficient (Wildman–Crippen LogP) is 4.30. The first kappa shape index (κ1) is 25.9. The average Bonchev–Trinajstić information content (AvgIpc) is 3.06. The van der Waals surface area contributed by atoms with Crippen LogP contribution in [0.5, 0.6) is 0 Å². The Morgan fingerprint density at radius 3 is 2.59 bits per heavy atom. The van der Waals surface area contributed by atoms with Crippen LogP contribution in [0.15, 0.2) is 4.99 Å². The Labute approximate surface area is 205 Å². The Bertz CT molecular complexity index is 771. The van der Waals surface area contributed by atoms with Crippen LogP contribution in [0.4, 0.5) is 13.6 Å². The summed E-state index contributed by atoms with van der Waals surface area (Å²) in [7, 11) is 1.79. The Balaban J connectivity index is 1.18. The van der Waals surface area contributed by atoms with Crippen molar-refractivity contribution in [2.24, 2.45) is 16.3 Å². The molecular formula is C24H39F2N3O4S. The van der Waals surface area contributed by atoms with E-state index in [9.17, 15) is 13.6 Å². The Hall–Kier alpha value is -1.13. The van der Waals surface area contributed by atoms with Gasteiger partial charge in [-0.3, -0.25) is 4.90 Å². The predicted molar refractivity (Wildman–Crippen MR) is 129 cm³/mol. The maximum atomic E-state index is 13.1. The summed E-state index contributed by atoms with van der Waals surface area (Å²) < 4.78 is 42.7. The number of halogens is 2. The molecule has 2 saturated carbocycles. The number of hydrogen-bond donors (Lipinski definition) is 1. The lowest BCUT2D eigenvalue weighted by atomic mass is 9.49. The minimum atomic E-state index is -2.85. The number of carbonyl (C=O) groups excluding carboxylic acids is 1. The van der Waals surface area contributed by atoms with Gasteiger partial charge in [0.2, 0.25) is 5.23 Å². The van der Waals surface area contributed by atoms with E-state index in [0.29, 0.717) is 21.8 Å². The molecule has 1 unspecified atom stereocenters. The first-order chi connectivity index (χ1) is 15.8. The van der Waals surface area contributed by atoms with Gasteiger partial charge in [-0.15, -0.1) is 0 Å². The van der Waals surface area contributed by atoms with Crippen LogP contribution >= 0.6 is 11.8 Å². The number of thioether (sulfide) groups is 1. The fourth-order valence-electron chi connectivity index (χ4n) is 5.84. The summed E-state index contributed by atoms with van der Waals surface area (Å²) in [5.74, 6) is -2.32. The number of rotatable bonds is 7. The van der Waals surface area contributed by atoms with Gasteiger partial charge >= 0.3 is 6.09 Å². The maximum Gasteiger partial charge on any atom is 0.407 e. The summed E-state index contributed by atoms with van der Waals surface area (Å²) in [6.07, 6.45) is 5.11. The molecule has 10 heteroatoms. The van der Waals surface area contributed by atoms with Crippen LogP contribution in [0.1, 0.15) is 59.8 Å². The highest BCUT2D eigenvalue weighted by molar-refractivity contribution is 8.14. The number of methoxy groups -OCH3 is 1. The third-order valence-corrected chi connectivity index (χ3v) is 8.59. The van der Waals surface area contributed by atoms with Crippen LogP contribution in [0.3, 0.4) is 0 Å². The van der Waals surface area contributed by atoms with Gasteiger partial charge in [-0.25, -0.2) is 18.6 Å². The number of alkyl carbamates (subject to hydrolysis) is 1. The van der Waals surface area contributed by atoms with Gasteiger partial charge in [-0.05, 0) is 70.8 Å². The SMILES string of the molecule is CO[C@@H](CN1CCC2SC(OCC(C)(F)F)=N[C@H]2C1)C1CC2(CC(NC(=O)OC(C)(C)C)C2)C1. The molecule has 2 aliphatic heterocycles. The summed E-state index contributed by atoms with van der Waals surface area (Å²) in [6, 6.07) is 0.299. The molecule has 0 radical (unpaired) electrons. The molecule has 1 N–H and O–H groups in total. The first-order valence-corrected chi connectivity index (χ1v) is 13.2. The van der Waals surface area contributed by atoms with E-state index in [-0.39, 0.29) is 24.3 Å². The van der Waals surface area contributed by atoms with E-state index in [1.807, 2.05) is 20.8 Å². The number of carbonyl (C=O) groups is 1. The van der Waals surface area contributed by atoms with E-state index < -0.39 is 18.1 Å². The molecule has 0 bridgehead atoms. The molecule has 0 aromatic heterocycles. The largest absolute Gasteiger partial charge is 0.467 e. The van der Waals surface area contributed by atoms with Gasteiger partial charge < -0.3 is 19.5 Å². The summed E-state index contributed by atoms with van der Waals surface area (Å²) in [6.45, 7) is 8.49. The second-order valence-corrected chi connectivity index (χ2v) is 12.9. The minimum Gasteiger partial charge on any atom is -0.467 e. The van der Waals surface area contributed by atoms with Gasteiger partial charge in [-0.2, -0.15) is 0 Å². The lowest BCUT2D eigenvalue weighted by Crippen LogP contribution is -2.59. The summed E-state index contributed by atoms with van der Waals surface area (Å²) in [5, 5.41) is 3.71. The van der Waals surface area contributed by atoms with Crippen molar-refractivity contribution in [3.63, 3.8) is 0 Å². The highest BCUT2D eigenvalue weighted by Gasteiger charge is 2.55. The lowest BCUT2D eigenvalue weighted by Gasteiger charge is -2.59. The topological polar surface area (TPSA) is 72.4 Å². The standard InChI is InChI=1S/C24H39F2N3O4S/c1-22(2,3)33-20(30)27-16-10-24(11-16)8-15(9-24)18(31-5)13-29-7-6-19-17(12-29)28-21(34-19)32-14-23(4,25)26/h15-19H,6-14H2,1-5H3,(H,27,30)/t15?,16?,17-,18-,19?,24?/m0/s1. The molecular weight excluding hydrogens is 464 g/mol. The van der Waals surface area contributed by atoms with Crippen LogP contribution < -0.4 is 5.32 Å². The zero-order chi connectivity index (χ0) is 24.7. The van der Waals surface area contributed by atoms with E-state index in [1.54, 1.807) is 7.11 Å². The van der Waals surface area contributed by atoms with Crippen LogP contribution in [-0.2, 0) is 14.2 Å². The van der Waals surface area contributed by atoms with Crippen LogP contribution in [-0.4, -0.2) is 84.5 Å². The van der Waals surface area contributed by atoms with Crippen LogP contribution in [0.25, 0.3) is 0 Å². The van der Waals surface area contributed by atoms with E-state index in [4.69, 9.17) is 14.2 Å². The van der Waals surface area contributed by atoms with Gasteiger partial charge in [-0.1, -0.05) is 11.8 Å². The lowest BCUT2D eigenvalue weighted by molar-refractivity contribution is -0.112. The number of amides is 1. The van der Waals surface area contributed by atoms with Crippen molar-refractivity contribution in [3.8, 4) is 0 Å². The molecule has 1 amide bonds. The average molecular weight is 504 g/mol. The normalized spacial score (nSPS) is 34.5. The number of nitrogens with one attached hydrogen (secondary N) is 1. The zero-order valence-corrected chi connectivity index (χ0v) is 21.8. The van der Waals surface area contributed by atoms with Crippen molar-refractivity contribution < 1.29 is 27.8 Å². The molecule has 3 fully saturated rings. The van der Waals surface area contributed by atoms with E-state index in [0.717, 1.165) is 58.7 Å². The van der Waals surface area contributed by atoms with Crippen molar-refractivity contribution in [2.75, 3.05) is 33.4 Å². The number of likely N-dealkylation sites (tertiary alicyclic amines) is 1. The van der Waals surface area contributed by atoms with E-state index in [2.05, 4.69) is 15.2 Å². The molecule has 4 aliphatic rings. The monoisotopic (exact) mass is 503 g/mol. The quantitative estimate of drug-likeness (QED) is 0.559. The number of aliphatic imine (C=N–C) groups is 1. The molecule has 194 valence electrons. The Morgan fingerprint density at radius 2 is 1.97 bits per heavy atom. The van der Waals surface area contributed by atoms with Crippen molar-refractivity contribution in [3.05, 3.63) is 0 Å². The number of piperidine rings is 1. The van der Waals surface area contributed by atoms with Crippen LogP contribution in [0, 0.1) is 11.3 Å². The van der Waals surface area contributed by atoms with Gasteiger partial charge in [0, 0.05) is 38.4 Å². The summed E-state index contributed by atoms with van der Waals surface area (Å²) in [5.41, 5.74) is -0.136. The third-order valence-electron chi connectivity index (χ3n) is 7.31. The number of hydrogen-bond acceptors (Lipinski definition) is 7. The molecule has 2 heterocycles. The fourth-order valence-corrected chi connectivity index (χ4v) is 6.95. The van der Waals surface area contributed by atoms with Crippen molar-refractivity contribution in [1.29, 1.82) is 0 Å². The molecule has 1 spiro atoms. The second kappa shape index (κ2) is 9.73. The van der Waals surface area contributed by atoms with Gasteiger partial charge in [0.15, 0.2) is 6.61 Å². The molecule has 1 saturated heterocycles. The minimum absolute atomic E-state index is 0.0933. The zero-order valence-electron chi connectivity index (χ0n) is 20.9. The van der Waals surface area contributed by atoms with Gasteiger partial charge in [0.1, 0.15) is 5.60 Å². The fraction of sp³-hybridized carbons (Fsp3) is 0.917. The molecule has 4 rings (SSSR count). The second-order valence-electron chi connectivity index (χ2n) is 11.7. The molecule has 7 nitrogen and oxygen atoms in total. The number of nitrogens with zero attached hydrogens (tertiary/aromatic N) is 2. The van der Waals surface area contributed by atoms with Gasteiger partial charge in [0.05, 0.1) is 12.1 Å². The van der Waals surface area contributed by atoms with Crippen LogP contribution in [0.2, 0.25) is 0 Å². The molecule has 34 heavy (non-hydrogen) atoms. The van der Waals surface area contributed by atoms with Crippen molar-refractivity contribution in [2.45, 2.75) is 94.8 Å². The third kappa shape index (κ3) is 6.55. The number of alkyl halides is 2. The molecule has 0 aromatic carbocycles. The number of ether oxygens (including phenoxy) is 3. The molecule has 3 atom stereocenters. The number of fused-ring (bicyclic) bond motifs is 1. The Morgan fingerprint density at radius 1 is 1.26 bits per heavy atom. The summed E-state index contributed by atoms with van der Waals surface area (Å²) >= 11 is 1.50. The van der Waals surface area contributed by atoms with Crippen molar-refractivity contribution in [1.82, 2.24) is 10.2 Å². The highest BCUT2D eigenvalue weighted by Crippen LogP contribution is 2.60. The molecule has 0 aromatic rings. The summed E-state index contributed by atoms with van der Waals surface area (Å²) in [4.78, 5) is 19.0. The van der Waals surface area contributed by atoms with Crippen molar-refractivity contribution >= 4 is 23.1 Å².